The predicted octanol–water partition coefficient (Wildman–Crippen LogP) is 15.3. The highest BCUT2D eigenvalue weighted by Crippen LogP contribution is 2.50. The van der Waals surface area contributed by atoms with Crippen molar-refractivity contribution in [2.45, 2.75) is 0 Å². The molecule has 0 aliphatic rings. The van der Waals surface area contributed by atoms with E-state index >= 15 is 0 Å². The number of hydrogen-bond acceptors (Lipinski definition) is 2. The summed E-state index contributed by atoms with van der Waals surface area (Å²) < 4.78 is 6.29. The minimum atomic E-state index is 0.893. The summed E-state index contributed by atoms with van der Waals surface area (Å²) in [4.78, 5) is 4.50. The van der Waals surface area contributed by atoms with Gasteiger partial charge in [0.2, 0.25) is 0 Å². The molecule has 11 rings (SSSR count). The van der Waals surface area contributed by atoms with Gasteiger partial charge in [0, 0.05) is 28.7 Å². The molecule has 266 valence electrons. The lowest BCUT2D eigenvalue weighted by Gasteiger charge is -2.23. The van der Waals surface area contributed by atoms with E-state index in [0.29, 0.717) is 0 Å². The molecule has 11 aromatic rings. The van der Waals surface area contributed by atoms with Crippen molar-refractivity contribution in [1.29, 1.82) is 0 Å². The molecule has 2 nitrogen and oxygen atoms in total. The van der Waals surface area contributed by atoms with Crippen LogP contribution in [0.3, 0.4) is 0 Å². The summed E-state index contributed by atoms with van der Waals surface area (Å²) in [5, 5.41) is 7.07. The molecule has 0 radical (unpaired) electrons. The first-order valence-electron chi connectivity index (χ1n) is 19.4. The van der Waals surface area contributed by atoms with E-state index in [2.05, 4.69) is 187 Å². The third-order valence-corrected chi connectivity index (χ3v) is 11.3. The van der Waals surface area contributed by atoms with Gasteiger partial charge in [-0.15, -0.1) is 0 Å². The molecular weight excluding hydrogens is 691 g/mol. The Hall–Kier alpha value is -7.55. The summed E-state index contributed by atoms with van der Waals surface area (Å²) >= 11 is 0. The van der Waals surface area contributed by atoms with Crippen LogP contribution in [0.2, 0.25) is 0 Å². The van der Waals surface area contributed by atoms with Crippen LogP contribution in [0.25, 0.3) is 110 Å². The molecule has 9 aromatic carbocycles. The van der Waals surface area contributed by atoms with Gasteiger partial charge >= 0.3 is 0 Å². The summed E-state index contributed by atoms with van der Waals surface area (Å²) in [5.74, 6) is 0. The number of aromatic nitrogens is 1. The molecule has 0 aliphatic carbocycles. The molecule has 0 spiro atoms. The van der Waals surface area contributed by atoms with Crippen LogP contribution >= 0.6 is 0 Å². The van der Waals surface area contributed by atoms with Gasteiger partial charge in [0.1, 0.15) is 11.2 Å². The fraction of sp³-hybridized carbons (Fsp3) is 0. The van der Waals surface area contributed by atoms with Gasteiger partial charge in [-0.25, -0.2) is 0 Å². The standard InChI is InChI=1S/C55H35NO/c1-3-15-36(16-4-1)40-31-41(39-19-14-30-56-35-39)33-42(32-40)53-46-21-7-9-23-48(46)55(49-24-10-8-22-47(49)53)54-43(37-17-5-2-6-18-37)25-13-26-44(54)38-28-29-52-50(34-38)45-20-11-12-27-51(45)57-52/h1-35H. The number of hydrogen-bond donors (Lipinski definition) is 0. The first-order chi connectivity index (χ1) is 28.3. The molecule has 0 fully saturated rings. The molecule has 2 heterocycles. The van der Waals surface area contributed by atoms with E-state index in [1.807, 2.05) is 30.6 Å². The van der Waals surface area contributed by atoms with Crippen molar-refractivity contribution >= 4 is 43.5 Å². The van der Waals surface area contributed by atoms with E-state index in [4.69, 9.17) is 4.42 Å². The van der Waals surface area contributed by atoms with Crippen LogP contribution in [0.1, 0.15) is 0 Å². The Balaban J connectivity index is 1.24. The highest BCUT2D eigenvalue weighted by molar-refractivity contribution is 6.24. The van der Waals surface area contributed by atoms with Crippen LogP contribution in [0.4, 0.5) is 0 Å². The molecule has 0 unspecified atom stereocenters. The summed E-state index contributed by atoms with van der Waals surface area (Å²) in [6, 6.07) is 72.3. The van der Waals surface area contributed by atoms with Crippen molar-refractivity contribution < 1.29 is 4.42 Å². The quantitative estimate of drug-likeness (QED) is 0.160. The monoisotopic (exact) mass is 725 g/mol. The first kappa shape index (κ1) is 32.8. The average molecular weight is 726 g/mol. The van der Waals surface area contributed by atoms with Crippen LogP contribution in [-0.4, -0.2) is 4.98 Å². The highest BCUT2D eigenvalue weighted by Gasteiger charge is 2.23. The van der Waals surface area contributed by atoms with Gasteiger partial charge in [-0.3, -0.25) is 4.98 Å². The number of nitrogens with zero attached hydrogens (tertiary/aromatic N) is 1. The second kappa shape index (κ2) is 13.6. The number of para-hydroxylation sites is 1. The number of benzene rings is 9. The van der Waals surface area contributed by atoms with Crippen LogP contribution in [0.15, 0.2) is 217 Å². The Morgan fingerprint density at radius 2 is 0.807 bits per heavy atom. The second-order valence-corrected chi connectivity index (χ2v) is 14.7. The summed E-state index contributed by atoms with van der Waals surface area (Å²) in [5.41, 5.74) is 15.9. The maximum atomic E-state index is 6.29. The van der Waals surface area contributed by atoms with Crippen LogP contribution in [0.5, 0.6) is 0 Å². The minimum absolute atomic E-state index is 0.893. The zero-order valence-electron chi connectivity index (χ0n) is 31.1. The molecule has 2 heteroatoms. The SMILES string of the molecule is c1ccc(-c2cc(-c3cccnc3)cc(-c3c4ccccc4c(-c4c(-c5ccccc5)cccc4-c4ccc5oc6ccccc6c5c4)c4ccccc34)c2)cc1. The third-order valence-electron chi connectivity index (χ3n) is 11.3. The Morgan fingerprint density at radius 3 is 1.47 bits per heavy atom. The van der Waals surface area contributed by atoms with Crippen LogP contribution in [0, 0.1) is 0 Å². The van der Waals surface area contributed by atoms with E-state index in [1.54, 1.807) is 0 Å². The lowest BCUT2D eigenvalue weighted by Crippen LogP contribution is -1.96. The fourth-order valence-corrected chi connectivity index (χ4v) is 8.79. The van der Waals surface area contributed by atoms with Crippen molar-refractivity contribution in [3.05, 3.63) is 213 Å². The largest absolute Gasteiger partial charge is 0.456 e. The van der Waals surface area contributed by atoms with Gasteiger partial charge in [-0.05, 0) is 125 Å². The zero-order chi connectivity index (χ0) is 37.7. The smallest absolute Gasteiger partial charge is 0.135 e. The lowest BCUT2D eigenvalue weighted by molar-refractivity contribution is 0.669. The van der Waals surface area contributed by atoms with E-state index in [0.717, 1.165) is 38.6 Å². The maximum Gasteiger partial charge on any atom is 0.135 e. The van der Waals surface area contributed by atoms with Crippen molar-refractivity contribution in [1.82, 2.24) is 4.98 Å². The van der Waals surface area contributed by atoms with E-state index in [1.165, 1.54) is 71.6 Å². The third kappa shape index (κ3) is 5.61. The van der Waals surface area contributed by atoms with Crippen molar-refractivity contribution in [3.8, 4) is 66.8 Å². The van der Waals surface area contributed by atoms with Gasteiger partial charge in [0.05, 0.1) is 0 Å². The molecular formula is C55H35NO. The van der Waals surface area contributed by atoms with Gasteiger partial charge in [-0.2, -0.15) is 0 Å². The van der Waals surface area contributed by atoms with Gasteiger partial charge in [0.15, 0.2) is 0 Å². The Labute approximate surface area is 331 Å². The number of rotatable bonds is 6. The van der Waals surface area contributed by atoms with Crippen LogP contribution in [-0.2, 0) is 0 Å². The van der Waals surface area contributed by atoms with E-state index in [-0.39, 0.29) is 0 Å². The number of pyridine rings is 1. The summed E-state index contributed by atoms with van der Waals surface area (Å²) in [7, 11) is 0. The molecule has 0 saturated heterocycles. The Bertz CT molecular complexity index is 3160. The summed E-state index contributed by atoms with van der Waals surface area (Å²) in [6.07, 6.45) is 3.79. The second-order valence-electron chi connectivity index (χ2n) is 14.7. The molecule has 0 amide bonds. The van der Waals surface area contributed by atoms with Gasteiger partial charge in [0.25, 0.3) is 0 Å². The van der Waals surface area contributed by atoms with Gasteiger partial charge < -0.3 is 4.42 Å². The Kier molecular flexibility index (Phi) is 7.86. The maximum absolute atomic E-state index is 6.29. The number of fused-ring (bicyclic) bond motifs is 5. The van der Waals surface area contributed by atoms with E-state index < -0.39 is 0 Å². The molecule has 2 aromatic heterocycles. The minimum Gasteiger partial charge on any atom is -0.456 e. The van der Waals surface area contributed by atoms with Gasteiger partial charge in [-0.1, -0.05) is 158 Å². The van der Waals surface area contributed by atoms with Crippen LogP contribution < -0.4 is 0 Å². The molecule has 57 heavy (non-hydrogen) atoms. The highest BCUT2D eigenvalue weighted by atomic mass is 16.3. The van der Waals surface area contributed by atoms with Crippen molar-refractivity contribution in [2.24, 2.45) is 0 Å². The fourth-order valence-electron chi connectivity index (χ4n) is 8.79. The lowest BCUT2D eigenvalue weighted by atomic mass is 9.80. The Morgan fingerprint density at radius 1 is 0.281 bits per heavy atom. The normalized spacial score (nSPS) is 11.5. The molecule has 0 bridgehead atoms. The summed E-state index contributed by atoms with van der Waals surface area (Å²) in [6.45, 7) is 0. The van der Waals surface area contributed by atoms with Crippen molar-refractivity contribution in [3.63, 3.8) is 0 Å². The molecule has 0 saturated carbocycles. The van der Waals surface area contributed by atoms with Crippen molar-refractivity contribution in [2.75, 3.05) is 0 Å². The molecule has 0 atom stereocenters. The average Bonchev–Trinajstić information content (AvgIpc) is 3.67. The molecule has 0 aliphatic heterocycles. The zero-order valence-corrected chi connectivity index (χ0v) is 31.1. The molecule has 0 N–H and O–H groups in total. The topological polar surface area (TPSA) is 26.0 Å². The van der Waals surface area contributed by atoms with E-state index in [9.17, 15) is 0 Å². The first-order valence-corrected chi connectivity index (χ1v) is 19.4. The predicted molar refractivity (Wildman–Crippen MR) is 239 cm³/mol. The number of furan rings is 1.